The molecule has 2 aliphatic heterocycles. The molecule has 2 unspecified atom stereocenters. The molecule has 2 aliphatic rings. The summed E-state index contributed by atoms with van der Waals surface area (Å²) in [6.45, 7) is 0.775. The minimum Gasteiger partial charge on any atom is -0.310 e. The van der Waals surface area contributed by atoms with E-state index in [0.29, 0.717) is 19.1 Å². The molecule has 0 saturated carbocycles. The number of nitrogens with one attached hydrogen (secondary N) is 1. The first kappa shape index (κ1) is 18.5. The van der Waals surface area contributed by atoms with E-state index in [2.05, 4.69) is 5.32 Å². The van der Waals surface area contributed by atoms with Crippen LogP contribution in [0.2, 0.25) is 0 Å². The molecule has 130 valence electrons. The van der Waals surface area contributed by atoms with Crippen LogP contribution in [0.25, 0.3) is 0 Å². The third-order valence-electron chi connectivity index (χ3n) is 4.31. The van der Waals surface area contributed by atoms with E-state index in [1.807, 2.05) is 0 Å². The summed E-state index contributed by atoms with van der Waals surface area (Å²) in [5.41, 5.74) is -0.844. The number of alkyl halides is 3. The highest BCUT2D eigenvalue weighted by Gasteiger charge is 2.35. The molecule has 2 bridgehead atoms. The highest BCUT2D eigenvalue weighted by Crippen LogP contribution is 2.31. The first-order valence-electron chi connectivity index (χ1n) is 7.20. The zero-order valence-corrected chi connectivity index (χ0v) is 13.8. The summed E-state index contributed by atoms with van der Waals surface area (Å²) in [6, 6.07) is 4.18. The minimum absolute atomic E-state index is 0. The van der Waals surface area contributed by atoms with Crippen LogP contribution in [0.4, 0.5) is 13.2 Å². The Kier molecular flexibility index (Phi) is 5.30. The van der Waals surface area contributed by atoms with Gasteiger partial charge in [-0.05, 0) is 43.5 Å². The Morgan fingerprint density at radius 1 is 1.04 bits per heavy atom. The number of benzene rings is 1. The Labute approximate surface area is 139 Å². The number of fused-ring (bicyclic) bond motifs is 2. The predicted molar refractivity (Wildman–Crippen MR) is 82.0 cm³/mol. The molecule has 1 aromatic rings. The van der Waals surface area contributed by atoms with Crippen molar-refractivity contribution in [1.82, 2.24) is 9.62 Å². The molecule has 0 aliphatic carbocycles. The van der Waals surface area contributed by atoms with Gasteiger partial charge in [0.25, 0.3) is 0 Å². The van der Waals surface area contributed by atoms with Crippen molar-refractivity contribution in [3.05, 3.63) is 29.8 Å². The van der Waals surface area contributed by atoms with Gasteiger partial charge < -0.3 is 5.32 Å². The van der Waals surface area contributed by atoms with E-state index in [4.69, 9.17) is 0 Å². The number of nitrogens with zero attached hydrogens (tertiary/aromatic N) is 1. The van der Waals surface area contributed by atoms with Crippen LogP contribution in [0, 0.1) is 0 Å². The average molecular weight is 371 g/mol. The summed E-state index contributed by atoms with van der Waals surface area (Å²) in [4.78, 5) is -0.0849. The molecule has 2 fully saturated rings. The number of sulfonamides is 1. The van der Waals surface area contributed by atoms with Crippen molar-refractivity contribution in [3.8, 4) is 0 Å². The van der Waals surface area contributed by atoms with Gasteiger partial charge in [0.1, 0.15) is 0 Å². The molecule has 9 heteroatoms. The van der Waals surface area contributed by atoms with Crippen LogP contribution in [0.3, 0.4) is 0 Å². The summed E-state index contributed by atoms with van der Waals surface area (Å²) in [6.07, 6.45) is -1.74. The summed E-state index contributed by atoms with van der Waals surface area (Å²) in [5, 5.41) is 3.38. The maximum absolute atomic E-state index is 12.6. The fraction of sp³-hybridized carbons (Fsp3) is 0.571. The molecule has 2 heterocycles. The van der Waals surface area contributed by atoms with E-state index in [1.165, 1.54) is 4.31 Å². The zero-order chi connectivity index (χ0) is 16.0. The van der Waals surface area contributed by atoms with E-state index in [0.717, 1.165) is 43.5 Å². The van der Waals surface area contributed by atoms with Crippen LogP contribution in [-0.4, -0.2) is 37.9 Å². The third-order valence-corrected chi connectivity index (χ3v) is 6.18. The molecular formula is C14H18ClF3N2O2S. The SMILES string of the molecule is Cl.O=S(=O)(c1ccc(C(F)(F)F)cc1)N1CCC2CCC(C1)N2. The topological polar surface area (TPSA) is 49.4 Å². The van der Waals surface area contributed by atoms with Crippen molar-refractivity contribution in [1.29, 1.82) is 0 Å². The number of rotatable bonds is 2. The molecule has 1 aromatic carbocycles. The number of hydrogen-bond acceptors (Lipinski definition) is 3. The van der Waals surface area contributed by atoms with Gasteiger partial charge in [0.05, 0.1) is 10.5 Å². The Bertz CT molecular complexity index is 649. The minimum atomic E-state index is -4.46. The van der Waals surface area contributed by atoms with Gasteiger partial charge >= 0.3 is 6.18 Å². The summed E-state index contributed by atoms with van der Waals surface area (Å²) >= 11 is 0. The average Bonchev–Trinajstić information content (AvgIpc) is 2.77. The van der Waals surface area contributed by atoms with Crippen LogP contribution >= 0.6 is 12.4 Å². The summed E-state index contributed by atoms with van der Waals surface area (Å²) < 4.78 is 64.2. The van der Waals surface area contributed by atoms with Crippen molar-refractivity contribution in [2.45, 2.75) is 42.4 Å². The standard InChI is InChI=1S/C14H17F3N2O2S.ClH/c15-14(16,17)10-1-5-13(6-2-10)22(20,21)19-8-7-11-3-4-12(9-19)18-11;/h1-2,5-6,11-12,18H,3-4,7-9H2;1H. The molecule has 2 atom stereocenters. The molecule has 1 N–H and O–H groups in total. The van der Waals surface area contributed by atoms with E-state index < -0.39 is 21.8 Å². The van der Waals surface area contributed by atoms with Crippen LogP contribution in [0.5, 0.6) is 0 Å². The van der Waals surface area contributed by atoms with Gasteiger partial charge in [-0.2, -0.15) is 17.5 Å². The van der Waals surface area contributed by atoms with Crippen LogP contribution in [0.15, 0.2) is 29.2 Å². The first-order valence-corrected chi connectivity index (χ1v) is 8.64. The quantitative estimate of drug-likeness (QED) is 0.870. The van der Waals surface area contributed by atoms with Crippen LogP contribution in [-0.2, 0) is 16.2 Å². The molecule has 3 rings (SSSR count). The monoisotopic (exact) mass is 370 g/mol. The van der Waals surface area contributed by atoms with E-state index in [1.54, 1.807) is 0 Å². The molecule has 0 aromatic heterocycles. The third kappa shape index (κ3) is 3.81. The fourth-order valence-electron chi connectivity index (χ4n) is 3.09. The highest BCUT2D eigenvalue weighted by molar-refractivity contribution is 7.89. The second-order valence-corrected chi connectivity index (χ2v) is 7.75. The van der Waals surface area contributed by atoms with Crippen molar-refractivity contribution < 1.29 is 21.6 Å². The lowest BCUT2D eigenvalue weighted by Crippen LogP contribution is -2.39. The molecule has 4 nitrogen and oxygen atoms in total. The maximum Gasteiger partial charge on any atom is 0.416 e. The van der Waals surface area contributed by atoms with E-state index in [9.17, 15) is 21.6 Å². The van der Waals surface area contributed by atoms with Crippen LogP contribution < -0.4 is 5.32 Å². The van der Waals surface area contributed by atoms with Gasteiger partial charge in [-0.1, -0.05) is 0 Å². The lowest BCUT2D eigenvalue weighted by atomic mass is 10.1. The Balaban J connectivity index is 0.00000192. The van der Waals surface area contributed by atoms with Crippen molar-refractivity contribution in [2.75, 3.05) is 13.1 Å². The normalized spacial score (nSPS) is 25.7. The molecule has 23 heavy (non-hydrogen) atoms. The molecular weight excluding hydrogens is 353 g/mol. The van der Waals surface area contributed by atoms with Gasteiger partial charge in [-0.25, -0.2) is 8.42 Å². The Hall–Kier alpha value is -0.830. The number of hydrogen-bond donors (Lipinski definition) is 1. The van der Waals surface area contributed by atoms with Crippen molar-refractivity contribution >= 4 is 22.4 Å². The predicted octanol–water partition coefficient (Wildman–Crippen LogP) is 2.64. The molecule has 0 amide bonds. The first-order chi connectivity index (χ1) is 10.3. The lowest BCUT2D eigenvalue weighted by Gasteiger charge is -2.23. The smallest absolute Gasteiger partial charge is 0.310 e. The molecule has 0 radical (unpaired) electrons. The second kappa shape index (κ2) is 6.58. The Morgan fingerprint density at radius 2 is 1.65 bits per heavy atom. The molecule has 0 spiro atoms. The van der Waals surface area contributed by atoms with E-state index in [-0.39, 0.29) is 23.3 Å². The van der Waals surface area contributed by atoms with E-state index >= 15 is 0 Å². The molecule has 2 saturated heterocycles. The van der Waals surface area contributed by atoms with Gasteiger partial charge in [-0.3, -0.25) is 0 Å². The van der Waals surface area contributed by atoms with Gasteiger partial charge in [0, 0.05) is 25.2 Å². The maximum atomic E-state index is 12.6. The fourth-order valence-corrected chi connectivity index (χ4v) is 4.59. The van der Waals surface area contributed by atoms with Gasteiger partial charge in [-0.15, -0.1) is 12.4 Å². The summed E-state index contributed by atoms with van der Waals surface area (Å²) in [7, 11) is -3.74. The van der Waals surface area contributed by atoms with Crippen molar-refractivity contribution in [2.24, 2.45) is 0 Å². The highest BCUT2D eigenvalue weighted by atomic mass is 35.5. The zero-order valence-electron chi connectivity index (χ0n) is 12.2. The second-order valence-electron chi connectivity index (χ2n) is 5.81. The van der Waals surface area contributed by atoms with Crippen molar-refractivity contribution in [3.63, 3.8) is 0 Å². The largest absolute Gasteiger partial charge is 0.416 e. The lowest BCUT2D eigenvalue weighted by molar-refractivity contribution is -0.137. The van der Waals surface area contributed by atoms with Gasteiger partial charge in [0.2, 0.25) is 10.0 Å². The summed E-state index contributed by atoms with van der Waals surface area (Å²) in [5.74, 6) is 0. The van der Waals surface area contributed by atoms with Gasteiger partial charge in [0.15, 0.2) is 0 Å². The Morgan fingerprint density at radius 3 is 2.26 bits per heavy atom. The van der Waals surface area contributed by atoms with Crippen LogP contribution in [0.1, 0.15) is 24.8 Å². The number of halogens is 4.